The summed E-state index contributed by atoms with van der Waals surface area (Å²) in [7, 11) is 0. The van der Waals surface area contributed by atoms with E-state index in [1.807, 2.05) is 13.8 Å². The van der Waals surface area contributed by atoms with Gasteiger partial charge in [0.25, 0.3) is 0 Å². The van der Waals surface area contributed by atoms with Crippen LogP contribution in [0.25, 0.3) is 0 Å². The van der Waals surface area contributed by atoms with Crippen molar-refractivity contribution in [3.05, 3.63) is 23.8 Å². The van der Waals surface area contributed by atoms with E-state index in [4.69, 9.17) is 4.74 Å². The Bertz CT molecular complexity index is 659. The second-order valence-corrected chi connectivity index (χ2v) is 7.63. The number of aromatic hydroxyl groups is 1. The van der Waals surface area contributed by atoms with E-state index in [1.165, 1.54) is 18.2 Å². The zero-order valence-electron chi connectivity index (χ0n) is 14.1. The first-order valence-corrected chi connectivity index (χ1v) is 7.46. The topological polar surface area (TPSA) is 95.9 Å². The quantitative estimate of drug-likeness (QED) is 0.741. The van der Waals surface area contributed by atoms with Crippen molar-refractivity contribution in [1.29, 1.82) is 0 Å². The summed E-state index contributed by atoms with van der Waals surface area (Å²) in [5, 5.41) is 22.3. The number of carboxylic acids is 1. The molecule has 1 fully saturated rings. The van der Waals surface area contributed by atoms with E-state index in [0.717, 1.165) is 0 Å². The van der Waals surface area contributed by atoms with Crippen molar-refractivity contribution in [2.75, 3.05) is 5.32 Å². The van der Waals surface area contributed by atoms with Crippen LogP contribution in [0, 0.1) is 5.41 Å². The maximum atomic E-state index is 11.8. The summed E-state index contributed by atoms with van der Waals surface area (Å²) in [6, 6.07) is 4.40. The molecule has 0 aliphatic heterocycles. The number of carbonyl (C=O) groups excluding carboxylic acids is 1. The summed E-state index contributed by atoms with van der Waals surface area (Å²) in [4.78, 5) is 23.6. The third kappa shape index (κ3) is 3.11. The Labute approximate surface area is 135 Å². The molecule has 6 heteroatoms. The fourth-order valence-electron chi connectivity index (χ4n) is 2.94. The molecular formula is C17H23NO5. The van der Waals surface area contributed by atoms with E-state index in [0.29, 0.717) is 17.7 Å². The van der Waals surface area contributed by atoms with Crippen molar-refractivity contribution in [2.45, 2.75) is 52.1 Å². The Morgan fingerprint density at radius 2 is 1.83 bits per heavy atom. The Morgan fingerprint density at radius 1 is 1.26 bits per heavy atom. The van der Waals surface area contributed by atoms with Crippen LogP contribution in [-0.4, -0.2) is 27.9 Å². The molecule has 1 amide bonds. The van der Waals surface area contributed by atoms with E-state index < -0.39 is 28.5 Å². The minimum Gasteiger partial charge on any atom is -0.508 e. The van der Waals surface area contributed by atoms with Crippen LogP contribution >= 0.6 is 0 Å². The van der Waals surface area contributed by atoms with Gasteiger partial charge in [-0.3, -0.25) is 10.1 Å². The van der Waals surface area contributed by atoms with Crippen LogP contribution in [0.2, 0.25) is 0 Å². The van der Waals surface area contributed by atoms with Crippen LogP contribution in [0.3, 0.4) is 0 Å². The highest BCUT2D eigenvalue weighted by atomic mass is 16.6. The standard InChI is InChI=1S/C17H23NO5/c1-15(2,3)23-14(22)18-10-6-7-12(19)11(8-10)17(13(20)21)9-16(17,4)5/h6-8,19H,9H2,1-5H3,(H,18,22)(H,20,21). The van der Waals surface area contributed by atoms with Crippen molar-refractivity contribution in [1.82, 2.24) is 0 Å². The number of hydrogen-bond acceptors (Lipinski definition) is 4. The number of amides is 1. The predicted octanol–water partition coefficient (Wildman–Crippen LogP) is 3.49. The average molecular weight is 321 g/mol. The van der Waals surface area contributed by atoms with Gasteiger partial charge in [0.05, 0.1) is 0 Å². The average Bonchev–Trinajstić information content (AvgIpc) is 2.94. The zero-order chi connectivity index (χ0) is 17.6. The smallest absolute Gasteiger partial charge is 0.412 e. The van der Waals surface area contributed by atoms with Gasteiger partial charge in [-0.05, 0) is 50.8 Å². The van der Waals surface area contributed by atoms with E-state index in [2.05, 4.69) is 5.32 Å². The van der Waals surface area contributed by atoms with E-state index >= 15 is 0 Å². The number of anilines is 1. The number of ether oxygens (including phenoxy) is 1. The molecule has 23 heavy (non-hydrogen) atoms. The summed E-state index contributed by atoms with van der Waals surface area (Å²) < 4.78 is 5.17. The minimum atomic E-state index is -1.14. The lowest BCUT2D eigenvalue weighted by Crippen LogP contribution is -2.28. The first-order chi connectivity index (χ1) is 10.4. The molecule has 0 bridgehead atoms. The van der Waals surface area contributed by atoms with Crippen LogP contribution in [0.5, 0.6) is 5.75 Å². The van der Waals surface area contributed by atoms with Crippen molar-refractivity contribution >= 4 is 17.7 Å². The van der Waals surface area contributed by atoms with E-state index in [1.54, 1.807) is 20.8 Å². The number of hydrogen-bond donors (Lipinski definition) is 3. The van der Waals surface area contributed by atoms with Crippen molar-refractivity contribution in [3.8, 4) is 5.75 Å². The molecule has 0 radical (unpaired) electrons. The van der Waals surface area contributed by atoms with Crippen LogP contribution < -0.4 is 5.32 Å². The summed E-state index contributed by atoms with van der Waals surface area (Å²) in [5.41, 5.74) is -1.53. The summed E-state index contributed by atoms with van der Waals surface area (Å²) in [5.74, 6) is -1.07. The first-order valence-electron chi connectivity index (χ1n) is 7.46. The second kappa shape index (κ2) is 5.15. The van der Waals surface area contributed by atoms with Crippen LogP contribution in [0.4, 0.5) is 10.5 Å². The molecular weight excluding hydrogens is 298 g/mol. The number of carbonyl (C=O) groups is 2. The lowest BCUT2D eigenvalue weighted by Gasteiger charge is -2.21. The molecule has 0 aromatic heterocycles. The van der Waals surface area contributed by atoms with Gasteiger partial charge in [0.15, 0.2) is 0 Å². The van der Waals surface area contributed by atoms with Gasteiger partial charge in [-0.2, -0.15) is 0 Å². The Balaban J connectivity index is 2.31. The molecule has 1 unspecified atom stereocenters. The maximum Gasteiger partial charge on any atom is 0.412 e. The SMILES string of the molecule is CC(C)(C)OC(=O)Nc1ccc(O)c(C2(C(=O)O)CC2(C)C)c1. The highest BCUT2D eigenvalue weighted by Gasteiger charge is 2.68. The molecule has 1 atom stereocenters. The molecule has 3 N–H and O–H groups in total. The Kier molecular flexibility index (Phi) is 3.83. The maximum absolute atomic E-state index is 11.8. The molecule has 1 aliphatic carbocycles. The lowest BCUT2D eigenvalue weighted by molar-refractivity contribution is -0.141. The molecule has 1 aromatic rings. The third-order valence-electron chi connectivity index (χ3n) is 4.20. The first kappa shape index (κ1) is 17.1. The number of carboxylic acid groups (broad SMARTS) is 1. The molecule has 2 rings (SSSR count). The normalized spacial score (nSPS) is 22.3. The van der Waals surface area contributed by atoms with Gasteiger partial charge >= 0.3 is 12.1 Å². The van der Waals surface area contributed by atoms with Gasteiger partial charge in [-0.25, -0.2) is 4.79 Å². The molecule has 126 valence electrons. The van der Waals surface area contributed by atoms with Gasteiger partial charge in [0, 0.05) is 11.3 Å². The minimum absolute atomic E-state index is 0.0901. The molecule has 1 saturated carbocycles. The molecule has 0 spiro atoms. The summed E-state index contributed by atoms with van der Waals surface area (Å²) >= 11 is 0. The summed E-state index contributed by atoms with van der Waals surface area (Å²) in [6.07, 6.45) is -0.202. The molecule has 0 saturated heterocycles. The number of rotatable bonds is 3. The highest BCUT2D eigenvalue weighted by Crippen LogP contribution is 2.66. The molecule has 6 nitrogen and oxygen atoms in total. The van der Waals surface area contributed by atoms with E-state index in [9.17, 15) is 19.8 Å². The van der Waals surface area contributed by atoms with E-state index in [-0.39, 0.29) is 5.75 Å². The van der Waals surface area contributed by atoms with Crippen LogP contribution in [0.1, 0.15) is 46.6 Å². The monoisotopic (exact) mass is 321 g/mol. The summed E-state index contributed by atoms with van der Waals surface area (Å²) in [6.45, 7) is 8.94. The largest absolute Gasteiger partial charge is 0.508 e. The van der Waals surface area contributed by atoms with Crippen LogP contribution in [0.15, 0.2) is 18.2 Å². The van der Waals surface area contributed by atoms with Crippen LogP contribution in [-0.2, 0) is 14.9 Å². The fraction of sp³-hybridized carbons (Fsp3) is 0.529. The third-order valence-corrected chi connectivity index (χ3v) is 4.20. The number of aliphatic carboxylic acids is 1. The molecule has 0 heterocycles. The number of phenols is 1. The van der Waals surface area contributed by atoms with Gasteiger partial charge in [-0.15, -0.1) is 0 Å². The van der Waals surface area contributed by atoms with Gasteiger partial charge in [-0.1, -0.05) is 13.8 Å². The second-order valence-electron chi connectivity index (χ2n) is 7.63. The molecule has 1 aliphatic rings. The zero-order valence-corrected chi connectivity index (χ0v) is 14.1. The number of phenolic OH excluding ortho intramolecular Hbond substituents is 1. The van der Waals surface area contributed by atoms with Gasteiger partial charge in [0.2, 0.25) is 0 Å². The number of benzene rings is 1. The van der Waals surface area contributed by atoms with Crippen molar-refractivity contribution in [3.63, 3.8) is 0 Å². The highest BCUT2D eigenvalue weighted by molar-refractivity contribution is 5.90. The van der Waals surface area contributed by atoms with Crippen molar-refractivity contribution in [2.24, 2.45) is 5.41 Å². The predicted molar refractivity (Wildman–Crippen MR) is 85.7 cm³/mol. The lowest BCUT2D eigenvalue weighted by atomic mass is 9.87. The Hall–Kier alpha value is -2.24. The Morgan fingerprint density at radius 3 is 2.26 bits per heavy atom. The molecule has 1 aromatic carbocycles. The van der Waals surface area contributed by atoms with Gasteiger partial charge < -0.3 is 14.9 Å². The fourth-order valence-corrected chi connectivity index (χ4v) is 2.94. The van der Waals surface area contributed by atoms with Crippen molar-refractivity contribution < 1.29 is 24.5 Å². The van der Waals surface area contributed by atoms with Gasteiger partial charge in [0.1, 0.15) is 16.8 Å². The number of nitrogens with one attached hydrogen (secondary N) is 1.